The van der Waals surface area contributed by atoms with Gasteiger partial charge in [0.05, 0.1) is 32.9 Å². The summed E-state index contributed by atoms with van der Waals surface area (Å²) in [6.45, 7) is 1.91. The fourth-order valence-electron chi connectivity index (χ4n) is 1.53. The molecule has 0 aliphatic heterocycles. The van der Waals surface area contributed by atoms with Crippen LogP contribution >= 0.6 is 22.9 Å². The van der Waals surface area contributed by atoms with E-state index in [1.54, 1.807) is 5.51 Å². The summed E-state index contributed by atoms with van der Waals surface area (Å²) in [5.41, 5.74) is 3.10. The number of halogens is 1. The van der Waals surface area contributed by atoms with Gasteiger partial charge in [-0.15, -0.1) is 11.3 Å². The smallest absolute Gasteiger partial charge is 0.238 e. The number of hydrogen-bond acceptors (Lipinski definition) is 5. The lowest BCUT2D eigenvalue weighted by Crippen LogP contribution is -2.13. The molecule has 2 rings (SSSR count). The number of benzene rings is 1. The van der Waals surface area contributed by atoms with E-state index in [4.69, 9.17) is 16.7 Å². The van der Waals surface area contributed by atoms with Gasteiger partial charge >= 0.3 is 0 Å². The summed E-state index contributed by atoms with van der Waals surface area (Å²) < 4.78 is 22.6. The van der Waals surface area contributed by atoms with Crippen LogP contribution in [0, 0.1) is 0 Å². The van der Waals surface area contributed by atoms with E-state index in [0.717, 1.165) is 5.69 Å². The number of aromatic nitrogens is 1. The number of anilines is 1. The molecule has 0 saturated carbocycles. The fourth-order valence-corrected chi connectivity index (χ4v) is 2.89. The Morgan fingerprint density at radius 2 is 2.21 bits per heavy atom. The molecule has 1 atom stereocenters. The molecule has 0 saturated heterocycles. The van der Waals surface area contributed by atoms with Gasteiger partial charge in [0, 0.05) is 5.38 Å². The van der Waals surface area contributed by atoms with E-state index < -0.39 is 10.0 Å². The highest BCUT2D eigenvalue weighted by Crippen LogP contribution is 2.28. The molecule has 0 bridgehead atoms. The quantitative estimate of drug-likeness (QED) is 0.907. The molecule has 1 aromatic carbocycles. The standard InChI is InChI=1S/C11H12ClN3O2S2/c1-7(11-5-18-6-14-11)15-10-4-8(19(13,16)17)2-3-9(10)12/h2-7,15H,1H3,(H2,13,16,17). The fraction of sp³-hybridized carbons (Fsp3) is 0.182. The lowest BCUT2D eigenvalue weighted by atomic mass is 10.2. The summed E-state index contributed by atoms with van der Waals surface area (Å²) in [6.07, 6.45) is 0. The maximum absolute atomic E-state index is 11.3. The lowest BCUT2D eigenvalue weighted by molar-refractivity contribution is 0.598. The molecule has 0 aliphatic rings. The highest BCUT2D eigenvalue weighted by Gasteiger charge is 2.13. The molecule has 1 aromatic heterocycles. The molecule has 1 heterocycles. The average molecular weight is 318 g/mol. The first-order chi connectivity index (χ1) is 8.88. The first-order valence-corrected chi connectivity index (χ1v) is 8.21. The van der Waals surface area contributed by atoms with Crippen molar-refractivity contribution >= 4 is 38.6 Å². The second-order valence-electron chi connectivity index (χ2n) is 3.97. The molecule has 0 fully saturated rings. The van der Waals surface area contributed by atoms with Crippen molar-refractivity contribution in [3.63, 3.8) is 0 Å². The molecule has 0 amide bonds. The number of sulfonamides is 1. The number of primary sulfonamides is 1. The maximum Gasteiger partial charge on any atom is 0.238 e. The zero-order chi connectivity index (χ0) is 14.0. The molecular weight excluding hydrogens is 306 g/mol. The van der Waals surface area contributed by atoms with Crippen LogP contribution in [-0.2, 0) is 10.0 Å². The Kier molecular flexibility index (Phi) is 4.10. The third-order valence-electron chi connectivity index (χ3n) is 2.53. The Hall–Kier alpha value is -1.15. The normalized spacial score (nSPS) is 13.2. The van der Waals surface area contributed by atoms with E-state index in [1.165, 1.54) is 29.5 Å². The van der Waals surface area contributed by atoms with Gasteiger partial charge in [-0.1, -0.05) is 11.6 Å². The van der Waals surface area contributed by atoms with E-state index >= 15 is 0 Å². The van der Waals surface area contributed by atoms with Gasteiger partial charge in [0.2, 0.25) is 10.0 Å². The summed E-state index contributed by atoms with van der Waals surface area (Å²) in [7, 11) is -3.74. The highest BCUT2D eigenvalue weighted by molar-refractivity contribution is 7.89. The zero-order valence-electron chi connectivity index (χ0n) is 10.00. The summed E-state index contributed by atoms with van der Waals surface area (Å²) in [6, 6.07) is 4.20. The minimum absolute atomic E-state index is 0.0184. The van der Waals surface area contributed by atoms with Crippen molar-refractivity contribution in [2.45, 2.75) is 17.9 Å². The molecule has 0 radical (unpaired) electrons. The molecule has 0 aliphatic carbocycles. The molecule has 8 heteroatoms. The molecule has 19 heavy (non-hydrogen) atoms. The first kappa shape index (κ1) is 14.3. The number of rotatable bonds is 4. The zero-order valence-corrected chi connectivity index (χ0v) is 12.4. The van der Waals surface area contributed by atoms with Gasteiger partial charge in [0.15, 0.2) is 0 Å². The number of thiazole rings is 1. The SMILES string of the molecule is CC(Nc1cc(S(N)(=O)=O)ccc1Cl)c1cscn1. The van der Waals surface area contributed by atoms with Crippen molar-refractivity contribution in [1.29, 1.82) is 0 Å². The number of nitrogens with two attached hydrogens (primary N) is 1. The lowest BCUT2D eigenvalue weighted by Gasteiger charge is -2.15. The van der Waals surface area contributed by atoms with Crippen molar-refractivity contribution in [1.82, 2.24) is 4.98 Å². The third kappa shape index (κ3) is 3.44. The van der Waals surface area contributed by atoms with Gasteiger partial charge < -0.3 is 5.32 Å². The van der Waals surface area contributed by atoms with E-state index in [2.05, 4.69) is 10.3 Å². The van der Waals surface area contributed by atoms with Crippen molar-refractivity contribution < 1.29 is 8.42 Å². The maximum atomic E-state index is 11.3. The van der Waals surface area contributed by atoms with Crippen LogP contribution in [0.25, 0.3) is 0 Å². The number of nitrogens with one attached hydrogen (secondary N) is 1. The summed E-state index contributed by atoms with van der Waals surface area (Å²) in [5.74, 6) is 0. The Balaban J connectivity index is 2.30. The summed E-state index contributed by atoms with van der Waals surface area (Å²) >= 11 is 7.53. The minimum atomic E-state index is -3.74. The summed E-state index contributed by atoms with van der Waals surface area (Å²) in [4.78, 5) is 4.20. The van der Waals surface area contributed by atoms with E-state index in [1.807, 2.05) is 12.3 Å². The van der Waals surface area contributed by atoms with Crippen LogP contribution < -0.4 is 10.5 Å². The van der Waals surface area contributed by atoms with Crippen molar-refractivity contribution in [2.24, 2.45) is 5.14 Å². The Bertz CT molecular complexity index is 671. The van der Waals surface area contributed by atoms with E-state index in [9.17, 15) is 8.42 Å². The van der Waals surface area contributed by atoms with Crippen LogP contribution in [0.3, 0.4) is 0 Å². The van der Waals surface area contributed by atoms with Gasteiger partial charge in [-0.2, -0.15) is 0 Å². The second kappa shape index (κ2) is 5.46. The second-order valence-corrected chi connectivity index (χ2v) is 6.65. The topological polar surface area (TPSA) is 85.1 Å². The number of hydrogen-bond donors (Lipinski definition) is 2. The predicted molar refractivity (Wildman–Crippen MR) is 77.0 cm³/mol. The van der Waals surface area contributed by atoms with Gasteiger partial charge in [-0.3, -0.25) is 0 Å². The van der Waals surface area contributed by atoms with Crippen LogP contribution in [0.1, 0.15) is 18.7 Å². The van der Waals surface area contributed by atoms with Gasteiger partial charge in [-0.05, 0) is 25.1 Å². The van der Waals surface area contributed by atoms with Crippen molar-refractivity contribution in [2.75, 3.05) is 5.32 Å². The number of nitrogens with zero attached hydrogens (tertiary/aromatic N) is 1. The average Bonchev–Trinajstić information content (AvgIpc) is 2.84. The Morgan fingerprint density at radius 3 is 2.79 bits per heavy atom. The Labute approximate surface area is 120 Å². The van der Waals surface area contributed by atoms with Gasteiger partial charge in [0.25, 0.3) is 0 Å². The summed E-state index contributed by atoms with van der Waals surface area (Å²) in [5, 5.41) is 10.5. The molecule has 0 spiro atoms. The molecular formula is C11H12ClN3O2S2. The predicted octanol–water partition coefficient (Wildman–Crippen LogP) is 2.62. The molecule has 1 unspecified atom stereocenters. The van der Waals surface area contributed by atoms with E-state index in [-0.39, 0.29) is 10.9 Å². The van der Waals surface area contributed by atoms with Crippen LogP contribution in [0.5, 0.6) is 0 Å². The molecule has 3 N–H and O–H groups in total. The molecule has 2 aromatic rings. The minimum Gasteiger partial charge on any atom is -0.376 e. The molecule has 5 nitrogen and oxygen atoms in total. The Morgan fingerprint density at radius 1 is 1.47 bits per heavy atom. The van der Waals surface area contributed by atoms with Gasteiger partial charge in [-0.25, -0.2) is 18.5 Å². The first-order valence-electron chi connectivity index (χ1n) is 5.35. The largest absolute Gasteiger partial charge is 0.376 e. The van der Waals surface area contributed by atoms with Gasteiger partial charge in [0.1, 0.15) is 0 Å². The third-order valence-corrected chi connectivity index (χ3v) is 4.38. The van der Waals surface area contributed by atoms with E-state index in [0.29, 0.717) is 10.7 Å². The van der Waals surface area contributed by atoms with Crippen LogP contribution in [-0.4, -0.2) is 13.4 Å². The molecule has 102 valence electrons. The van der Waals surface area contributed by atoms with Crippen molar-refractivity contribution in [3.05, 3.63) is 39.8 Å². The van der Waals surface area contributed by atoms with Crippen LogP contribution in [0.4, 0.5) is 5.69 Å². The van der Waals surface area contributed by atoms with Crippen LogP contribution in [0.15, 0.2) is 34.0 Å². The van der Waals surface area contributed by atoms with Crippen LogP contribution in [0.2, 0.25) is 5.02 Å². The highest BCUT2D eigenvalue weighted by atomic mass is 35.5. The monoisotopic (exact) mass is 317 g/mol. The van der Waals surface area contributed by atoms with Crippen molar-refractivity contribution in [3.8, 4) is 0 Å².